The van der Waals surface area contributed by atoms with Crippen LogP contribution in [0.15, 0.2) is 28.6 Å². The first-order valence-electron chi connectivity index (χ1n) is 11.0. The number of thioether (sulfide) groups is 1. The lowest BCUT2D eigenvalue weighted by Crippen LogP contribution is -2.32. The molecule has 1 N–H and O–H groups in total. The van der Waals surface area contributed by atoms with Gasteiger partial charge in [-0.05, 0) is 63.3 Å². The van der Waals surface area contributed by atoms with Gasteiger partial charge in [-0.15, -0.1) is 10.2 Å². The number of amides is 2. The SMILES string of the molecule is CCC(=O)N(c1nnc(SC(C)C(=O)Nc2ccc(N3CCCCC3)cc2)s1)C1CC1. The van der Waals surface area contributed by atoms with E-state index in [9.17, 15) is 9.59 Å². The molecule has 2 aliphatic rings. The van der Waals surface area contributed by atoms with E-state index in [2.05, 4.69) is 32.5 Å². The molecule has 31 heavy (non-hydrogen) atoms. The Hall–Kier alpha value is -2.13. The molecule has 2 heterocycles. The van der Waals surface area contributed by atoms with Gasteiger partial charge in [0, 0.05) is 36.9 Å². The summed E-state index contributed by atoms with van der Waals surface area (Å²) >= 11 is 2.76. The lowest BCUT2D eigenvalue weighted by atomic mass is 10.1. The van der Waals surface area contributed by atoms with Gasteiger partial charge in [-0.25, -0.2) is 0 Å². The van der Waals surface area contributed by atoms with Crippen LogP contribution in [0, 0.1) is 0 Å². The number of hydrogen-bond donors (Lipinski definition) is 1. The number of carbonyl (C=O) groups is 2. The molecular weight excluding hydrogens is 430 g/mol. The number of carbonyl (C=O) groups excluding carboxylic acids is 2. The second kappa shape index (κ2) is 9.99. The number of benzene rings is 1. The van der Waals surface area contributed by atoms with Gasteiger partial charge in [-0.3, -0.25) is 14.5 Å². The quantitative estimate of drug-likeness (QED) is 0.461. The molecule has 0 spiro atoms. The molecule has 2 fully saturated rings. The van der Waals surface area contributed by atoms with E-state index in [0.717, 1.165) is 31.6 Å². The highest BCUT2D eigenvalue weighted by molar-refractivity contribution is 8.02. The number of rotatable bonds is 8. The fraction of sp³-hybridized carbons (Fsp3) is 0.545. The van der Waals surface area contributed by atoms with Crippen molar-refractivity contribution >= 4 is 51.4 Å². The van der Waals surface area contributed by atoms with Gasteiger partial charge < -0.3 is 10.2 Å². The summed E-state index contributed by atoms with van der Waals surface area (Å²) in [6, 6.07) is 8.34. The second-order valence-corrected chi connectivity index (χ2v) is 10.6. The molecule has 7 nitrogen and oxygen atoms in total. The Labute approximate surface area is 191 Å². The van der Waals surface area contributed by atoms with Gasteiger partial charge in [0.2, 0.25) is 16.9 Å². The predicted octanol–water partition coefficient (Wildman–Crippen LogP) is 4.55. The Bertz CT molecular complexity index is 907. The van der Waals surface area contributed by atoms with Gasteiger partial charge in [-0.2, -0.15) is 0 Å². The van der Waals surface area contributed by atoms with E-state index in [0.29, 0.717) is 15.9 Å². The van der Waals surface area contributed by atoms with E-state index in [1.54, 1.807) is 4.90 Å². The van der Waals surface area contributed by atoms with Crippen molar-refractivity contribution in [3.8, 4) is 0 Å². The lowest BCUT2D eigenvalue weighted by Gasteiger charge is -2.28. The van der Waals surface area contributed by atoms with E-state index in [-0.39, 0.29) is 23.1 Å². The van der Waals surface area contributed by atoms with Crippen LogP contribution in [-0.2, 0) is 9.59 Å². The lowest BCUT2D eigenvalue weighted by molar-refractivity contribution is -0.118. The van der Waals surface area contributed by atoms with Gasteiger partial charge in [0.1, 0.15) is 0 Å². The van der Waals surface area contributed by atoms with Crippen LogP contribution in [0.2, 0.25) is 0 Å². The first-order chi connectivity index (χ1) is 15.0. The van der Waals surface area contributed by atoms with Crippen LogP contribution in [0.1, 0.15) is 52.4 Å². The van der Waals surface area contributed by atoms with Crippen molar-refractivity contribution in [3.63, 3.8) is 0 Å². The van der Waals surface area contributed by atoms with E-state index < -0.39 is 0 Å². The highest BCUT2D eigenvalue weighted by Gasteiger charge is 2.35. The summed E-state index contributed by atoms with van der Waals surface area (Å²) in [6.07, 6.45) is 6.28. The average Bonchev–Trinajstić information content (AvgIpc) is 3.53. The topological polar surface area (TPSA) is 78.4 Å². The molecular formula is C22H29N5O2S2. The molecule has 1 saturated heterocycles. The Kier molecular flexibility index (Phi) is 7.12. The normalized spacial score (nSPS) is 17.3. The van der Waals surface area contributed by atoms with Crippen molar-refractivity contribution in [1.29, 1.82) is 0 Å². The number of nitrogens with one attached hydrogen (secondary N) is 1. The van der Waals surface area contributed by atoms with Crippen LogP contribution in [0.4, 0.5) is 16.5 Å². The molecule has 1 unspecified atom stereocenters. The predicted molar refractivity (Wildman–Crippen MR) is 127 cm³/mol. The zero-order chi connectivity index (χ0) is 21.8. The summed E-state index contributed by atoms with van der Waals surface area (Å²) in [5.41, 5.74) is 2.01. The van der Waals surface area contributed by atoms with E-state index in [1.165, 1.54) is 48.0 Å². The maximum Gasteiger partial charge on any atom is 0.237 e. The molecule has 1 saturated carbocycles. The molecule has 1 aliphatic carbocycles. The second-order valence-electron chi connectivity index (χ2n) is 8.04. The maximum absolute atomic E-state index is 12.7. The van der Waals surface area contributed by atoms with Crippen molar-refractivity contribution in [3.05, 3.63) is 24.3 Å². The van der Waals surface area contributed by atoms with E-state index >= 15 is 0 Å². The fourth-order valence-corrected chi connectivity index (χ4v) is 5.75. The number of piperidine rings is 1. The van der Waals surface area contributed by atoms with E-state index in [4.69, 9.17) is 0 Å². The first kappa shape index (κ1) is 22.1. The number of anilines is 3. The van der Waals surface area contributed by atoms with Gasteiger partial charge in [0.15, 0.2) is 4.34 Å². The van der Waals surface area contributed by atoms with Gasteiger partial charge in [-0.1, -0.05) is 30.0 Å². The summed E-state index contributed by atoms with van der Waals surface area (Å²) in [5, 5.41) is 11.7. The third kappa shape index (κ3) is 5.57. The highest BCUT2D eigenvalue weighted by atomic mass is 32.2. The van der Waals surface area contributed by atoms with Gasteiger partial charge >= 0.3 is 0 Å². The molecule has 9 heteroatoms. The third-order valence-electron chi connectivity index (χ3n) is 5.59. The third-order valence-corrected chi connectivity index (χ3v) is 7.69. The Morgan fingerprint density at radius 3 is 2.55 bits per heavy atom. The minimum atomic E-state index is -0.321. The zero-order valence-corrected chi connectivity index (χ0v) is 19.7. The molecule has 4 rings (SSSR count). The Morgan fingerprint density at radius 2 is 1.90 bits per heavy atom. The van der Waals surface area contributed by atoms with Gasteiger partial charge in [0.25, 0.3) is 0 Å². The van der Waals surface area contributed by atoms with Crippen molar-refractivity contribution in [2.45, 2.75) is 68.0 Å². The molecule has 0 bridgehead atoms. The van der Waals surface area contributed by atoms with Crippen molar-refractivity contribution in [2.75, 3.05) is 28.2 Å². The van der Waals surface area contributed by atoms with Crippen LogP contribution >= 0.6 is 23.1 Å². The number of nitrogens with zero attached hydrogens (tertiary/aromatic N) is 4. The van der Waals surface area contributed by atoms with Crippen LogP contribution < -0.4 is 15.1 Å². The highest BCUT2D eigenvalue weighted by Crippen LogP contribution is 2.37. The molecule has 0 radical (unpaired) electrons. The largest absolute Gasteiger partial charge is 0.372 e. The van der Waals surface area contributed by atoms with Crippen LogP contribution in [0.5, 0.6) is 0 Å². The number of hydrogen-bond acceptors (Lipinski definition) is 7. The zero-order valence-electron chi connectivity index (χ0n) is 18.0. The van der Waals surface area contributed by atoms with Gasteiger partial charge in [0.05, 0.1) is 5.25 Å². The first-order valence-corrected chi connectivity index (χ1v) is 12.7. The average molecular weight is 460 g/mol. The minimum absolute atomic E-state index is 0.0730. The standard InChI is InChI=1S/C22H29N5O2S2/c1-3-19(28)27(18-11-12-18)21-24-25-22(31-21)30-15(2)20(29)23-16-7-9-17(10-8-16)26-13-5-4-6-14-26/h7-10,15,18H,3-6,11-14H2,1-2H3,(H,23,29). The van der Waals surface area contributed by atoms with Crippen molar-refractivity contribution in [1.82, 2.24) is 10.2 Å². The summed E-state index contributed by atoms with van der Waals surface area (Å²) in [7, 11) is 0. The maximum atomic E-state index is 12.7. The molecule has 1 aliphatic heterocycles. The molecule has 2 aromatic rings. The van der Waals surface area contributed by atoms with Crippen LogP contribution in [-0.4, -0.2) is 46.4 Å². The van der Waals surface area contributed by atoms with Crippen LogP contribution in [0.3, 0.4) is 0 Å². The minimum Gasteiger partial charge on any atom is -0.372 e. The smallest absolute Gasteiger partial charge is 0.237 e. The fourth-order valence-electron chi connectivity index (χ4n) is 3.67. The molecule has 1 aromatic heterocycles. The van der Waals surface area contributed by atoms with E-state index in [1.807, 2.05) is 26.0 Å². The van der Waals surface area contributed by atoms with Crippen LogP contribution in [0.25, 0.3) is 0 Å². The monoisotopic (exact) mass is 459 g/mol. The summed E-state index contributed by atoms with van der Waals surface area (Å²) in [4.78, 5) is 29.1. The van der Waals surface area contributed by atoms with Crippen molar-refractivity contribution < 1.29 is 9.59 Å². The van der Waals surface area contributed by atoms with Crippen molar-refractivity contribution in [2.24, 2.45) is 0 Å². The molecule has 166 valence electrons. The Balaban J connectivity index is 1.32. The Morgan fingerprint density at radius 1 is 1.19 bits per heavy atom. The molecule has 2 amide bonds. The summed E-state index contributed by atoms with van der Waals surface area (Å²) < 4.78 is 0.702. The molecule has 1 aromatic carbocycles. The molecule has 1 atom stereocenters. The summed E-state index contributed by atoms with van der Waals surface area (Å²) in [5.74, 6) is 0.00477. The summed E-state index contributed by atoms with van der Waals surface area (Å²) in [6.45, 7) is 5.93. The number of aromatic nitrogens is 2.